The molecule has 1 heterocycles. The molecule has 0 aromatic heterocycles. The van der Waals surface area contributed by atoms with Gasteiger partial charge in [0.15, 0.2) is 11.5 Å². The first-order valence-electron chi connectivity index (χ1n) is 9.36. The summed E-state index contributed by atoms with van der Waals surface area (Å²) < 4.78 is 16.9. The van der Waals surface area contributed by atoms with Crippen molar-refractivity contribution in [1.29, 1.82) is 0 Å². The standard InChI is InChI=1S/C23H19ClN2O4/c24-18-9-5-17(6-10-18)14-28-19-11-7-16(8-12-19)13-25-26-23(27)22-15-29-20-3-1-2-4-21(20)30-22/h1-13,22H,14-15H2,(H,26,27)/b25-13-/t22-/m0/s1. The molecule has 7 heteroatoms. The zero-order valence-corrected chi connectivity index (χ0v) is 16.7. The van der Waals surface area contributed by atoms with Crippen LogP contribution in [0.3, 0.4) is 0 Å². The van der Waals surface area contributed by atoms with Gasteiger partial charge in [-0.15, -0.1) is 0 Å². The van der Waals surface area contributed by atoms with Crippen molar-refractivity contribution in [2.75, 3.05) is 6.61 Å². The maximum absolute atomic E-state index is 12.2. The fraction of sp³-hybridized carbons (Fsp3) is 0.130. The molecule has 0 bridgehead atoms. The Morgan fingerprint density at radius 3 is 2.57 bits per heavy atom. The second kappa shape index (κ2) is 9.33. The van der Waals surface area contributed by atoms with E-state index < -0.39 is 6.10 Å². The van der Waals surface area contributed by atoms with Gasteiger partial charge in [-0.2, -0.15) is 5.10 Å². The second-order valence-electron chi connectivity index (χ2n) is 6.58. The van der Waals surface area contributed by atoms with Crippen molar-refractivity contribution in [2.45, 2.75) is 12.7 Å². The summed E-state index contributed by atoms with van der Waals surface area (Å²) in [5.74, 6) is 1.53. The van der Waals surface area contributed by atoms with Crippen LogP contribution in [0.15, 0.2) is 77.9 Å². The van der Waals surface area contributed by atoms with Crippen LogP contribution in [0.2, 0.25) is 5.02 Å². The van der Waals surface area contributed by atoms with Crippen LogP contribution >= 0.6 is 11.6 Å². The largest absolute Gasteiger partial charge is 0.489 e. The van der Waals surface area contributed by atoms with E-state index in [0.717, 1.165) is 16.9 Å². The molecule has 0 radical (unpaired) electrons. The van der Waals surface area contributed by atoms with E-state index in [1.165, 1.54) is 0 Å². The van der Waals surface area contributed by atoms with Crippen molar-refractivity contribution >= 4 is 23.7 Å². The molecule has 1 atom stereocenters. The van der Waals surface area contributed by atoms with Crippen LogP contribution in [0.5, 0.6) is 17.2 Å². The lowest BCUT2D eigenvalue weighted by molar-refractivity contribution is -0.130. The second-order valence-corrected chi connectivity index (χ2v) is 7.02. The predicted molar refractivity (Wildman–Crippen MR) is 114 cm³/mol. The summed E-state index contributed by atoms with van der Waals surface area (Å²) in [7, 11) is 0. The average Bonchev–Trinajstić information content (AvgIpc) is 2.79. The van der Waals surface area contributed by atoms with E-state index in [2.05, 4.69) is 10.5 Å². The zero-order valence-electron chi connectivity index (χ0n) is 16.0. The van der Waals surface area contributed by atoms with Gasteiger partial charge >= 0.3 is 0 Å². The molecule has 0 unspecified atom stereocenters. The number of rotatable bonds is 6. The van der Waals surface area contributed by atoms with E-state index in [4.69, 9.17) is 25.8 Å². The number of carbonyl (C=O) groups is 1. The molecule has 1 aliphatic rings. The highest BCUT2D eigenvalue weighted by atomic mass is 35.5. The molecule has 0 aliphatic carbocycles. The van der Waals surface area contributed by atoms with E-state index in [1.807, 2.05) is 60.7 Å². The molecule has 1 N–H and O–H groups in total. The number of hydrogen-bond acceptors (Lipinski definition) is 5. The van der Waals surface area contributed by atoms with Gasteiger partial charge < -0.3 is 14.2 Å². The lowest BCUT2D eigenvalue weighted by Crippen LogP contribution is -2.42. The van der Waals surface area contributed by atoms with Crippen LogP contribution in [0.4, 0.5) is 0 Å². The summed E-state index contributed by atoms with van der Waals surface area (Å²) in [5.41, 5.74) is 4.33. The first kappa shape index (κ1) is 19.8. The topological polar surface area (TPSA) is 69.2 Å². The Morgan fingerprint density at radius 2 is 1.80 bits per heavy atom. The fourth-order valence-corrected chi connectivity index (χ4v) is 2.91. The van der Waals surface area contributed by atoms with Crippen LogP contribution in [0, 0.1) is 0 Å². The minimum absolute atomic E-state index is 0.137. The smallest absolute Gasteiger partial charge is 0.284 e. The molecule has 0 saturated carbocycles. The number of benzene rings is 3. The monoisotopic (exact) mass is 422 g/mol. The van der Waals surface area contributed by atoms with Crippen LogP contribution < -0.4 is 19.6 Å². The molecule has 0 spiro atoms. The summed E-state index contributed by atoms with van der Waals surface area (Å²) in [6, 6.07) is 22.1. The van der Waals surface area contributed by atoms with Crippen LogP contribution in [-0.4, -0.2) is 24.8 Å². The third kappa shape index (κ3) is 5.10. The van der Waals surface area contributed by atoms with Crippen molar-refractivity contribution in [1.82, 2.24) is 5.43 Å². The summed E-state index contributed by atoms with van der Waals surface area (Å²) in [6.07, 6.45) is 0.805. The van der Waals surface area contributed by atoms with Crippen LogP contribution in [-0.2, 0) is 11.4 Å². The summed E-state index contributed by atoms with van der Waals surface area (Å²) in [6.45, 7) is 0.589. The van der Waals surface area contributed by atoms with Crippen molar-refractivity contribution in [2.24, 2.45) is 5.10 Å². The lowest BCUT2D eigenvalue weighted by atomic mass is 10.2. The Kier molecular flexibility index (Phi) is 6.15. The Balaban J connectivity index is 1.26. The van der Waals surface area contributed by atoms with Gasteiger partial charge in [-0.05, 0) is 59.7 Å². The van der Waals surface area contributed by atoms with E-state index in [-0.39, 0.29) is 12.5 Å². The predicted octanol–water partition coefficient (Wildman–Crippen LogP) is 4.21. The summed E-state index contributed by atoms with van der Waals surface area (Å²) in [4.78, 5) is 12.2. The maximum Gasteiger partial charge on any atom is 0.284 e. The number of nitrogens with zero attached hydrogens (tertiary/aromatic N) is 1. The Labute approximate surface area is 179 Å². The quantitative estimate of drug-likeness (QED) is 0.477. The van der Waals surface area contributed by atoms with Gasteiger partial charge in [0.2, 0.25) is 6.10 Å². The van der Waals surface area contributed by atoms with E-state index in [0.29, 0.717) is 23.1 Å². The van der Waals surface area contributed by atoms with Gasteiger partial charge in [0, 0.05) is 5.02 Å². The SMILES string of the molecule is O=C(N/N=C\c1ccc(OCc2ccc(Cl)cc2)cc1)[C@@H]1COc2ccccc2O1. The lowest BCUT2D eigenvalue weighted by Gasteiger charge is -2.24. The molecule has 3 aromatic carbocycles. The molecule has 3 aromatic rings. The zero-order chi connectivity index (χ0) is 20.8. The van der Waals surface area contributed by atoms with Crippen molar-refractivity contribution in [3.05, 3.63) is 88.9 Å². The molecular formula is C23H19ClN2O4. The van der Waals surface area contributed by atoms with Gasteiger partial charge in [0.25, 0.3) is 5.91 Å². The molecule has 1 amide bonds. The van der Waals surface area contributed by atoms with Gasteiger partial charge in [-0.1, -0.05) is 35.9 Å². The third-order valence-electron chi connectivity index (χ3n) is 4.39. The average molecular weight is 423 g/mol. The highest BCUT2D eigenvalue weighted by Crippen LogP contribution is 2.30. The first-order valence-corrected chi connectivity index (χ1v) is 9.74. The van der Waals surface area contributed by atoms with Gasteiger partial charge in [-0.3, -0.25) is 4.79 Å². The van der Waals surface area contributed by atoms with E-state index in [1.54, 1.807) is 18.3 Å². The van der Waals surface area contributed by atoms with Crippen molar-refractivity contribution < 1.29 is 19.0 Å². The number of ether oxygens (including phenoxy) is 3. The normalized spacial score (nSPS) is 15.0. The summed E-state index contributed by atoms with van der Waals surface area (Å²) >= 11 is 5.88. The highest BCUT2D eigenvalue weighted by Gasteiger charge is 2.26. The third-order valence-corrected chi connectivity index (χ3v) is 4.64. The number of nitrogens with one attached hydrogen (secondary N) is 1. The number of halogens is 1. The Hall–Kier alpha value is -3.51. The number of para-hydroxylation sites is 2. The number of hydrogen-bond donors (Lipinski definition) is 1. The molecule has 6 nitrogen and oxygen atoms in total. The number of amides is 1. The van der Waals surface area contributed by atoms with E-state index in [9.17, 15) is 4.79 Å². The number of carbonyl (C=O) groups excluding carboxylic acids is 1. The van der Waals surface area contributed by atoms with Crippen molar-refractivity contribution in [3.8, 4) is 17.2 Å². The van der Waals surface area contributed by atoms with Gasteiger partial charge in [0.1, 0.15) is 19.0 Å². The van der Waals surface area contributed by atoms with E-state index >= 15 is 0 Å². The number of hydrazone groups is 1. The van der Waals surface area contributed by atoms with Crippen molar-refractivity contribution in [3.63, 3.8) is 0 Å². The molecular weight excluding hydrogens is 404 g/mol. The maximum atomic E-state index is 12.2. The number of fused-ring (bicyclic) bond motifs is 1. The molecule has 0 saturated heterocycles. The Morgan fingerprint density at radius 1 is 1.07 bits per heavy atom. The Bertz CT molecular complexity index is 1040. The highest BCUT2D eigenvalue weighted by molar-refractivity contribution is 6.30. The minimum atomic E-state index is -0.749. The molecule has 0 fully saturated rings. The summed E-state index contributed by atoms with van der Waals surface area (Å²) in [5, 5.41) is 4.69. The molecule has 152 valence electrons. The first-order chi connectivity index (χ1) is 14.7. The van der Waals surface area contributed by atoms with Crippen LogP contribution in [0.25, 0.3) is 0 Å². The van der Waals surface area contributed by atoms with Gasteiger partial charge in [0.05, 0.1) is 6.21 Å². The molecule has 1 aliphatic heterocycles. The fourth-order valence-electron chi connectivity index (χ4n) is 2.79. The van der Waals surface area contributed by atoms with Gasteiger partial charge in [-0.25, -0.2) is 5.43 Å². The molecule has 30 heavy (non-hydrogen) atoms. The minimum Gasteiger partial charge on any atom is -0.489 e. The molecule has 4 rings (SSSR count). The van der Waals surface area contributed by atoms with Crippen LogP contribution in [0.1, 0.15) is 11.1 Å².